The fourth-order valence-corrected chi connectivity index (χ4v) is 4.70. The smallest absolute Gasteiger partial charge is 0.337 e. The van der Waals surface area contributed by atoms with Crippen LogP contribution < -0.4 is 4.90 Å². The van der Waals surface area contributed by atoms with Gasteiger partial charge >= 0.3 is 5.97 Å². The molecular formula is C19H16ClNO4. The molecule has 3 aliphatic rings. The molecule has 1 heterocycles. The second-order valence-corrected chi connectivity index (χ2v) is 7.33. The van der Waals surface area contributed by atoms with Gasteiger partial charge < -0.3 is 5.11 Å². The fourth-order valence-electron chi connectivity index (χ4n) is 4.50. The predicted molar refractivity (Wildman–Crippen MR) is 92.4 cm³/mol. The Morgan fingerprint density at radius 2 is 1.64 bits per heavy atom. The van der Waals surface area contributed by atoms with Gasteiger partial charge in [-0.25, -0.2) is 9.69 Å². The number of anilines is 1. The highest BCUT2D eigenvalue weighted by molar-refractivity contribution is 6.34. The molecule has 2 aliphatic carbocycles. The second-order valence-electron chi connectivity index (χ2n) is 6.92. The van der Waals surface area contributed by atoms with E-state index in [1.165, 1.54) is 23.8 Å². The molecular weight excluding hydrogens is 342 g/mol. The third-order valence-electron chi connectivity index (χ3n) is 5.43. The number of carbonyl (C=O) groups is 3. The molecule has 1 aromatic carbocycles. The van der Waals surface area contributed by atoms with Crippen LogP contribution >= 0.6 is 11.6 Å². The molecule has 128 valence electrons. The molecule has 1 N–H and O–H groups in total. The van der Waals surface area contributed by atoms with Crippen LogP contribution in [-0.2, 0) is 9.59 Å². The average molecular weight is 358 g/mol. The van der Waals surface area contributed by atoms with Crippen LogP contribution in [-0.4, -0.2) is 22.9 Å². The molecule has 4 atom stereocenters. The number of nitrogens with zero attached hydrogens (tertiary/aromatic N) is 1. The number of rotatable bonds is 2. The van der Waals surface area contributed by atoms with E-state index in [1.54, 1.807) is 0 Å². The van der Waals surface area contributed by atoms with Crippen LogP contribution in [0, 0.1) is 23.7 Å². The van der Waals surface area contributed by atoms with Crippen molar-refractivity contribution in [3.05, 3.63) is 52.1 Å². The molecule has 0 aromatic heterocycles. The Hall–Kier alpha value is -2.40. The van der Waals surface area contributed by atoms with Crippen molar-refractivity contribution in [1.82, 2.24) is 0 Å². The highest BCUT2D eigenvalue weighted by Crippen LogP contribution is 2.57. The topological polar surface area (TPSA) is 74.7 Å². The maximum atomic E-state index is 13.0. The van der Waals surface area contributed by atoms with Gasteiger partial charge in [0.2, 0.25) is 11.8 Å². The third kappa shape index (κ3) is 2.05. The highest BCUT2D eigenvalue weighted by atomic mass is 35.5. The van der Waals surface area contributed by atoms with Crippen LogP contribution in [0.2, 0.25) is 5.02 Å². The lowest BCUT2D eigenvalue weighted by atomic mass is 9.85. The number of halogens is 1. The number of hydrogen-bond donors (Lipinski definition) is 1. The number of fused-ring (bicyclic) bond motifs is 5. The van der Waals surface area contributed by atoms with Gasteiger partial charge in [0.05, 0.1) is 28.1 Å². The second kappa shape index (κ2) is 5.30. The molecule has 1 saturated carbocycles. The van der Waals surface area contributed by atoms with Gasteiger partial charge in [0, 0.05) is 11.8 Å². The summed E-state index contributed by atoms with van der Waals surface area (Å²) in [5, 5.41) is 9.30. The molecule has 0 radical (unpaired) electrons. The van der Waals surface area contributed by atoms with Crippen molar-refractivity contribution < 1.29 is 19.5 Å². The van der Waals surface area contributed by atoms with Crippen molar-refractivity contribution in [3.63, 3.8) is 0 Å². The molecule has 0 spiro atoms. The molecule has 0 unspecified atom stereocenters. The van der Waals surface area contributed by atoms with Gasteiger partial charge in [-0.15, -0.1) is 0 Å². The molecule has 1 saturated heterocycles. The number of benzene rings is 1. The summed E-state index contributed by atoms with van der Waals surface area (Å²) in [5.41, 5.74) is 2.48. The van der Waals surface area contributed by atoms with Crippen LogP contribution in [0.25, 0.3) is 0 Å². The van der Waals surface area contributed by atoms with Crippen LogP contribution in [0.3, 0.4) is 0 Å². The Morgan fingerprint density at radius 3 is 2.12 bits per heavy atom. The van der Waals surface area contributed by atoms with Crippen LogP contribution in [0.1, 0.15) is 24.2 Å². The van der Waals surface area contributed by atoms with Gasteiger partial charge in [-0.3, -0.25) is 9.59 Å². The number of amides is 2. The van der Waals surface area contributed by atoms with E-state index in [0.717, 1.165) is 10.5 Å². The van der Waals surface area contributed by atoms with Crippen LogP contribution in [0.15, 0.2) is 41.5 Å². The molecule has 6 heteroatoms. The number of carbonyl (C=O) groups excluding carboxylic acids is 2. The normalized spacial score (nSPS) is 29.6. The maximum Gasteiger partial charge on any atom is 0.337 e. The van der Waals surface area contributed by atoms with Gasteiger partial charge in [0.15, 0.2) is 0 Å². The minimum absolute atomic E-state index is 0.0345. The molecule has 1 aromatic rings. The predicted octanol–water partition coefficient (Wildman–Crippen LogP) is 3.30. The number of hydrogen-bond acceptors (Lipinski definition) is 3. The first kappa shape index (κ1) is 16.1. The monoisotopic (exact) mass is 357 g/mol. The Morgan fingerprint density at radius 1 is 1.08 bits per heavy atom. The van der Waals surface area contributed by atoms with Gasteiger partial charge in [0.25, 0.3) is 0 Å². The quantitative estimate of drug-likeness (QED) is 0.651. The number of carboxylic acids is 1. The first-order valence-electron chi connectivity index (χ1n) is 8.09. The minimum Gasteiger partial charge on any atom is -0.478 e. The number of carboxylic acid groups (broad SMARTS) is 1. The third-order valence-corrected chi connectivity index (χ3v) is 5.76. The summed E-state index contributed by atoms with van der Waals surface area (Å²) in [7, 11) is 0. The van der Waals surface area contributed by atoms with Gasteiger partial charge in [-0.2, -0.15) is 0 Å². The first-order valence-corrected chi connectivity index (χ1v) is 8.47. The number of aromatic carboxylic acids is 1. The summed E-state index contributed by atoms with van der Waals surface area (Å²) in [6, 6.07) is 4.21. The van der Waals surface area contributed by atoms with Gasteiger partial charge in [0.1, 0.15) is 0 Å². The van der Waals surface area contributed by atoms with Crippen molar-refractivity contribution in [1.29, 1.82) is 0 Å². The lowest BCUT2D eigenvalue weighted by Gasteiger charge is -2.19. The number of imide groups is 1. The molecule has 2 amide bonds. The highest BCUT2D eigenvalue weighted by Gasteiger charge is 2.61. The van der Waals surface area contributed by atoms with Crippen molar-refractivity contribution in [3.8, 4) is 0 Å². The largest absolute Gasteiger partial charge is 0.478 e. The van der Waals surface area contributed by atoms with Crippen LogP contribution in [0.4, 0.5) is 5.69 Å². The zero-order valence-corrected chi connectivity index (χ0v) is 14.4. The van der Waals surface area contributed by atoms with E-state index in [2.05, 4.69) is 0 Å². The summed E-state index contributed by atoms with van der Waals surface area (Å²) in [6.45, 7) is 4.02. The SMILES string of the molecule is CC(C)=C1[C@@H]2C=C[C@@H]1[C@@H]1C(=O)N(c3ccc(Cl)c(C(=O)O)c3)C(=O)[C@H]12. The zero-order valence-electron chi connectivity index (χ0n) is 13.7. The summed E-state index contributed by atoms with van der Waals surface area (Å²) in [6.07, 6.45) is 4.04. The maximum absolute atomic E-state index is 13.0. The van der Waals surface area contributed by atoms with Crippen molar-refractivity contribution in [2.45, 2.75) is 13.8 Å². The Balaban J connectivity index is 1.76. The average Bonchev–Trinajstić information content (AvgIpc) is 3.18. The Bertz CT molecular complexity index is 863. The van der Waals surface area contributed by atoms with Gasteiger partial charge in [-0.05, 0) is 32.0 Å². The lowest BCUT2D eigenvalue weighted by molar-refractivity contribution is -0.122. The summed E-state index contributed by atoms with van der Waals surface area (Å²) < 4.78 is 0. The van der Waals surface area contributed by atoms with Gasteiger partial charge in [-0.1, -0.05) is 34.9 Å². The molecule has 25 heavy (non-hydrogen) atoms. The number of allylic oxidation sites excluding steroid dienone is 4. The van der Waals surface area contributed by atoms with Crippen LogP contribution in [0.5, 0.6) is 0 Å². The molecule has 4 rings (SSSR count). The Labute approximate surface area is 149 Å². The van der Waals surface area contributed by atoms with E-state index in [4.69, 9.17) is 11.6 Å². The Kier molecular flexibility index (Phi) is 3.41. The molecule has 1 aliphatic heterocycles. The van der Waals surface area contributed by atoms with Crippen molar-refractivity contribution in [2.24, 2.45) is 23.7 Å². The van der Waals surface area contributed by atoms with E-state index >= 15 is 0 Å². The lowest BCUT2D eigenvalue weighted by Crippen LogP contribution is -2.33. The summed E-state index contributed by atoms with van der Waals surface area (Å²) in [5.74, 6) is -2.57. The molecule has 2 bridgehead atoms. The van der Waals surface area contributed by atoms with Crippen molar-refractivity contribution in [2.75, 3.05) is 4.90 Å². The molecule has 5 nitrogen and oxygen atoms in total. The minimum atomic E-state index is -1.19. The van der Waals surface area contributed by atoms with E-state index in [9.17, 15) is 19.5 Å². The first-order chi connectivity index (χ1) is 11.8. The molecule has 2 fully saturated rings. The fraction of sp³-hybridized carbons (Fsp3) is 0.316. The summed E-state index contributed by atoms with van der Waals surface area (Å²) in [4.78, 5) is 38.4. The van der Waals surface area contributed by atoms with E-state index in [0.29, 0.717) is 0 Å². The van der Waals surface area contributed by atoms with Crippen molar-refractivity contribution >= 4 is 35.1 Å². The zero-order chi connectivity index (χ0) is 18.0. The van der Waals surface area contributed by atoms with E-state index in [-0.39, 0.29) is 39.9 Å². The standard InChI is InChI=1S/C19H16ClNO4/c1-8(2)14-10-4-5-11(14)16-15(10)17(22)21(18(16)23)9-3-6-13(20)12(7-9)19(24)25/h3-7,10-11,15-16H,1-2H3,(H,24,25)/t10-,11-,15-,16-/m0/s1. The van der Waals surface area contributed by atoms with E-state index in [1.807, 2.05) is 26.0 Å². The summed E-state index contributed by atoms with van der Waals surface area (Å²) >= 11 is 5.89. The van der Waals surface area contributed by atoms with E-state index < -0.39 is 17.8 Å².